The predicted octanol–water partition coefficient (Wildman–Crippen LogP) is 3.73. The molecule has 0 radical (unpaired) electrons. The molecule has 3 N–H and O–H groups in total. The average Bonchev–Trinajstić information content (AvgIpc) is 3.06. The summed E-state index contributed by atoms with van der Waals surface area (Å²) in [5.74, 6) is 1.12. The third-order valence-electron chi connectivity index (χ3n) is 5.85. The number of aliphatic imine (C=N–C) groups is 1. The maximum absolute atomic E-state index is 5.27. The maximum atomic E-state index is 5.27. The summed E-state index contributed by atoms with van der Waals surface area (Å²) in [4.78, 5) is 5.27. The smallest absolute Gasteiger partial charge is 0.127 e. The normalized spacial score (nSPS) is 25.1. The van der Waals surface area contributed by atoms with Crippen LogP contribution in [0.1, 0.15) is 36.4 Å². The fourth-order valence-corrected chi connectivity index (χ4v) is 4.46. The van der Waals surface area contributed by atoms with Crippen LogP contribution in [-0.4, -0.2) is 24.5 Å². The minimum absolute atomic E-state index is 0.0723. The minimum Gasteiger partial charge on any atom is -0.371 e. The first kappa shape index (κ1) is 15.0. The monoisotopic (exact) mass is 332 g/mol. The van der Waals surface area contributed by atoms with E-state index in [1.165, 1.54) is 16.8 Å². The van der Waals surface area contributed by atoms with Gasteiger partial charge in [-0.2, -0.15) is 0 Å². The third-order valence-corrected chi connectivity index (χ3v) is 5.85. The van der Waals surface area contributed by atoms with Crippen molar-refractivity contribution in [2.24, 2.45) is 4.99 Å². The molecule has 2 aromatic carbocycles. The number of anilines is 2. The van der Waals surface area contributed by atoms with Crippen molar-refractivity contribution in [1.82, 2.24) is 5.32 Å². The Kier molecular flexibility index (Phi) is 3.52. The summed E-state index contributed by atoms with van der Waals surface area (Å²) in [5.41, 5.74) is 5.11. The number of hydrogen-bond donors (Lipinski definition) is 3. The third kappa shape index (κ3) is 2.52. The molecule has 128 valence electrons. The number of hydrogen-bond acceptors (Lipinski definition) is 3. The first-order valence-corrected chi connectivity index (χ1v) is 9.35. The van der Waals surface area contributed by atoms with Crippen molar-refractivity contribution in [3.8, 4) is 0 Å². The highest BCUT2D eigenvalue weighted by atomic mass is 15.2. The van der Waals surface area contributed by atoms with E-state index < -0.39 is 0 Å². The Morgan fingerprint density at radius 2 is 1.68 bits per heavy atom. The molecule has 0 aromatic heterocycles. The second-order valence-corrected chi connectivity index (χ2v) is 7.36. The van der Waals surface area contributed by atoms with Crippen molar-refractivity contribution in [3.63, 3.8) is 0 Å². The lowest BCUT2D eigenvalue weighted by Gasteiger charge is -2.44. The van der Waals surface area contributed by atoms with Crippen molar-refractivity contribution in [1.29, 1.82) is 0 Å². The first-order valence-electron chi connectivity index (χ1n) is 9.35. The number of fused-ring (bicyclic) bond motifs is 2. The van der Waals surface area contributed by atoms with Gasteiger partial charge in [0, 0.05) is 0 Å². The second-order valence-electron chi connectivity index (χ2n) is 7.36. The lowest BCUT2D eigenvalue weighted by atomic mass is 9.84. The first-order chi connectivity index (χ1) is 12.3. The molecule has 5 rings (SSSR count). The van der Waals surface area contributed by atoms with Crippen LogP contribution in [0.25, 0.3) is 0 Å². The van der Waals surface area contributed by atoms with Gasteiger partial charge in [-0.15, -0.1) is 0 Å². The average molecular weight is 332 g/mol. The molecule has 4 nitrogen and oxygen atoms in total. The van der Waals surface area contributed by atoms with Crippen molar-refractivity contribution >= 4 is 17.2 Å². The standard InChI is InChI=1S/C21H24N4/c1-2-6-16-15(5-1)9-10-17(16)23-20-21(11-13-22-14-12-21)25-19-8-4-3-7-18(19)24-20/h1-8,17,22,25H,9-14H2,(H,23,24). The summed E-state index contributed by atoms with van der Waals surface area (Å²) in [7, 11) is 0. The molecule has 4 heteroatoms. The highest BCUT2D eigenvalue weighted by molar-refractivity contribution is 6.09. The topological polar surface area (TPSA) is 48.5 Å². The Labute approximate surface area is 148 Å². The van der Waals surface area contributed by atoms with Gasteiger partial charge in [0.25, 0.3) is 0 Å². The van der Waals surface area contributed by atoms with E-state index >= 15 is 0 Å². The number of benzene rings is 2. The zero-order chi connectivity index (χ0) is 16.7. The molecule has 25 heavy (non-hydrogen) atoms. The van der Waals surface area contributed by atoms with Crippen LogP contribution in [0.5, 0.6) is 0 Å². The fourth-order valence-electron chi connectivity index (χ4n) is 4.46. The van der Waals surface area contributed by atoms with Crippen molar-refractivity contribution < 1.29 is 0 Å². The van der Waals surface area contributed by atoms with Crippen LogP contribution in [0.15, 0.2) is 53.5 Å². The van der Waals surface area contributed by atoms with Crippen LogP contribution in [0.4, 0.5) is 11.4 Å². The van der Waals surface area contributed by atoms with Gasteiger partial charge < -0.3 is 16.0 Å². The molecule has 0 bridgehead atoms. The zero-order valence-corrected chi connectivity index (χ0v) is 14.4. The molecular weight excluding hydrogens is 308 g/mol. The van der Waals surface area contributed by atoms with E-state index in [2.05, 4.69) is 64.5 Å². The van der Waals surface area contributed by atoms with E-state index in [0.717, 1.165) is 50.3 Å². The molecule has 2 aromatic rings. The van der Waals surface area contributed by atoms with E-state index in [4.69, 9.17) is 4.99 Å². The lowest BCUT2D eigenvalue weighted by molar-refractivity contribution is 0.418. The Morgan fingerprint density at radius 3 is 2.56 bits per heavy atom. The quantitative estimate of drug-likeness (QED) is 0.746. The van der Waals surface area contributed by atoms with Crippen LogP contribution in [0.3, 0.4) is 0 Å². The summed E-state index contributed by atoms with van der Waals surface area (Å²) in [5, 5.41) is 11.0. The van der Waals surface area contributed by atoms with Gasteiger partial charge in [-0.3, -0.25) is 4.99 Å². The number of para-hydroxylation sites is 2. The van der Waals surface area contributed by atoms with E-state index in [1.807, 2.05) is 0 Å². The molecule has 2 aliphatic heterocycles. The van der Waals surface area contributed by atoms with Gasteiger partial charge in [0.1, 0.15) is 5.84 Å². The Balaban J connectivity index is 1.56. The molecule has 0 amide bonds. The number of aryl methyl sites for hydroxylation is 1. The number of amidine groups is 1. The number of piperidine rings is 1. The SMILES string of the molecule is c1ccc2c(c1)CCC2N=C1Nc2ccccc2NC12CCNCC2. The van der Waals surface area contributed by atoms with Gasteiger partial charge in [-0.1, -0.05) is 36.4 Å². The van der Waals surface area contributed by atoms with Crippen LogP contribution in [0, 0.1) is 0 Å². The van der Waals surface area contributed by atoms with Gasteiger partial charge in [0.15, 0.2) is 0 Å². The lowest BCUT2D eigenvalue weighted by Crippen LogP contribution is -2.57. The Bertz CT molecular complexity index is 820. The van der Waals surface area contributed by atoms with Crippen LogP contribution in [0.2, 0.25) is 0 Å². The molecule has 1 unspecified atom stereocenters. The molecule has 1 aliphatic carbocycles. The molecule has 1 spiro atoms. The predicted molar refractivity (Wildman–Crippen MR) is 103 cm³/mol. The van der Waals surface area contributed by atoms with E-state index in [1.54, 1.807) is 0 Å². The van der Waals surface area contributed by atoms with E-state index in [0.29, 0.717) is 0 Å². The van der Waals surface area contributed by atoms with Crippen LogP contribution in [-0.2, 0) is 6.42 Å². The highest BCUT2D eigenvalue weighted by Gasteiger charge is 2.41. The van der Waals surface area contributed by atoms with Gasteiger partial charge in [-0.25, -0.2) is 0 Å². The Morgan fingerprint density at radius 1 is 0.920 bits per heavy atom. The summed E-state index contributed by atoms with van der Waals surface area (Å²) in [6.07, 6.45) is 4.36. The molecule has 3 aliphatic rings. The van der Waals surface area contributed by atoms with Crippen molar-refractivity contribution in [3.05, 3.63) is 59.7 Å². The molecule has 1 saturated heterocycles. The van der Waals surface area contributed by atoms with Crippen LogP contribution >= 0.6 is 0 Å². The number of rotatable bonds is 1. The zero-order valence-electron chi connectivity index (χ0n) is 14.4. The molecular formula is C21H24N4. The number of nitrogens with one attached hydrogen (secondary N) is 3. The minimum atomic E-state index is -0.0723. The van der Waals surface area contributed by atoms with Crippen molar-refractivity contribution in [2.75, 3.05) is 23.7 Å². The highest BCUT2D eigenvalue weighted by Crippen LogP contribution is 2.39. The molecule has 1 fully saturated rings. The van der Waals surface area contributed by atoms with Crippen molar-refractivity contribution in [2.45, 2.75) is 37.3 Å². The second kappa shape index (κ2) is 5.88. The summed E-state index contributed by atoms with van der Waals surface area (Å²) >= 11 is 0. The van der Waals surface area contributed by atoms with Gasteiger partial charge >= 0.3 is 0 Å². The van der Waals surface area contributed by atoms with E-state index in [-0.39, 0.29) is 11.6 Å². The summed E-state index contributed by atoms with van der Waals surface area (Å²) in [6, 6.07) is 17.5. The molecule has 1 atom stereocenters. The van der Waals surface area contributed by atoms with Gasteiger partial charge in [0.2, 0.25) is 0 Å². The summed E-state index contributed by atoms with van der Waals surface area (Å²) < 4.78 is 0. The largest absolute Gasteiger partial charge is 0.371 e. The van der Waals surface area contributed by atoms with E-state index in [9.17, 15) is 0 Å². The van der Waals surface area contributed by atoms with Gasteiger partial charge in [-0.05, 0) is 62.0 Å². The summed E-state index contributed by atoms with van der Waals surface area (Å²) in [6.45, 7) is 2.05. The molecule has 0 saturated carbocycles. The number of nitrogens with zero attached hydrogens (tertiary/aromatic N) is 1. The fraction of sp³-hybridized carbons (Fsp3) is 0.381. The van der Waals surface area contributed by atoms with Crippen LogP contribution < -0.4 is 16.0 Å². The van der Waals surface area contributed by atoms with Gasteiger partial charge in [0.05, 0.1) is 23.0 Å². The Hall–Kier alpha value is -2.33. The maximum Gasteiger partial charge on any atom is 0.127 e. The molecule has 2 heterocycles.